The van der Waals surface area contributed by atoms with Crippen LogP contribution in [0.2, 0.25) is 0 Å². The number of aromatic amines is 1. The third-order valence-electron chi connectivity index (χ3n) is 3.45. The average molecular weight is 230 g/mol. The van der Waals surface area contributed by atoms with Crippen molar-refractivity contribution in [3.8, 4) is 0 Å². The molecule has 1 aliphatic carbocycles. The van der Waals surface area contributed by atoms with Gasteiger partial charge < -0.3 is 10.1 Å². The molecule has 0 saturated heterocycles. The summed E-state index contributed by atoms with van der Waals surface area (Å²) < 4.78 is 0. The molecule has 1 heterocycles. The van der Waals surface area contributed by atoms with Gasteiger partial charge in [-0.15, -0.1) is 0 Å². The second-order valence-electron chi connectivity index (χ2n) is 6.10. The molecule has 0 aliphatic heterocycles. The highest BCUT2D eigenvalue weighted by molar-refractivity contribution is 5.76. The number of nitrogens with zero attached hydrogens (tertiary/aromatic N) is 1. The summed E-state index contributed by atoms with van der Waals surface area (Å²) in [6, 6.07) is 6.01. The molecule has 1 fully saturated rings. The van der Waals surface area contributed by atoms with Gasteiger partial charge in [0.25, 0.3) is 0 Å². The largest absolute Gasteiger partial charge is 0.385 e. The predicted molar refractivity (Wildman–Crippen MR) is 67.9 cm³/mol. The van der Waals surface area contributed by atoms with Crippen molar-refractivity contribution >= 4 is 11.0 Å². The van der Waals surface area contributed by atoms with Crippen molar-refractivity contribution in [3.05, 3.63) is 29.6 Å². The Kier molecular flexibility index (Phi) is 1.97. The van der Waals surface area contributed by atoms with Gasteiger partial charge in [0, 0.05) is 5.41 Å². The molecule has 90 valence electrons. The molecule has 2 aromatic rings. The Morgan fingerprint density at radius 3 is 2.59 bits per heavy atom. The molecule has 1 aliphatic rings. The van der Waals surface area contributed by atoms with Crippen molar-refractivity contribution in [1.29, 1.82) is 0 Å². The lowest BCUT2D eigenvalue weighted by Gasteiger charge is -2.13. The lowest BCUT2D eigenvalue weighted by Crippen LogP contribution is -2.12. The van der Waals surface area contributed by atoms with Gasteiger partial charge in [-0.3, -0.25) is 0 Å². The van der Waals surface area contributed by atoms with Crippen LogP contribution in [0.5, 0.6) is 0 Å². The van der Waals surface area contributed by atoms with Crippen molar-refractivity contribution in [2.24, 2.45) is 0 Å². The standard InChI is InChI=1S/C14H18N2O/c1-13(2,3)12-15-10-5-4-9(8-11(10)16-12)14(17)6-7-14/h4-5,8,17H,6-7H2,1-3H3,(H,15,16). The number of rotatable bonds is 1. The zero-order chi connectivity index (χ0) is 12.3. The number of aromatic nitrogens is 2. The van der Waals surface area contributed by atoms with Gasteiger partial charge in [0.1, 0.15) is 5.82 Å². The third-order valence-corrected chi connectivity index (χ3v) is 3.45. The molecule has 3 rings (SSSR count). The van der Waals surface area contributed by atoms with Gasteiger partial charge in [0.15, 0.2) is 0 Å². The highest BCUT2D eigenvalue weighted by Gasteiger charge is 2.42. The summed E-state index contributed by atoms with van der Waals surface area (Å²) in [5.74, 6) is 0.993. The molecule has 0 radical (unpaired) electrons. The molecule has 0 spiro atoms. The molecule has 3 nitrogen and oxygen atoms in total. The second-order valence-corrected chi connectivity index (χ2v) is 6.10. The molecule has 0 amide bonds. The number of fused-ring (bicyclic) bond motifs is 1. The summed E-state index contributed by atoms with van der Waals surface area (Å²) in [4.78, 5) is 7.94. The second kappa shape index (κ2) is 3.10. The minimum Gasteiger partial charge on any atom is -0.385 e. The van der Waals surface area contributed by atoms with Crippen LogP contribution in [0.25, 0.3) is 11.0 Å². The van der Waals surface area contributed by atoms with E-state index in [-0.39, 0.29) is 5.41 Å². The number of H-pyrrole nitrogens is 1. The molecule has 1 saturated carbocycles. The van der Waals surface area contributed by atoms with E-state index in [1.165, 1.54) is 0 Å². The lowest BCUT2D eigenvalue weighted by molar-refractivity contribution is 0.151. The molecule has 0 unspecified atom stereocenters. The van der Waals surface area contributed by atoms with Gasteiger partial charge in [-0.25, -0.2) is 4.98 Å². The molecular formula is C14H18N2O. The monoisotopic (exact) mass is 230 g/mol. The van der Waals surface area contributed by atoms with E-state index in [1.807, 2.05) is 18.2 Å². The van der Waals surface area contributed by atoms with Crippen molar-refractivity contribution in [2.45, 2.75) is 44.6 Å². The van der Waals surface area contributed by atoms with E-state index in [0.29, 0.717) is 0 Å². The quantitative estimate of drug-likeness (QED) is 0.791. The highest BCUT2D eigenvalue weighted by atomic mass is 16.3. The van der Waals surface area contributed by atoms with Crippen LogP contribution in [0.1, 0.15) is 45.0 Å². The first kappa shape index (κ1) is 10.8. The van der Waals surface area contributed by atoms with Crippen LogP contribution in [-0.4, -0.2) is 15.1 Å². The number of imidazole rings is 1. The normalized spacial score (nSPS) is 18.6. The van der Waals surface area contributed by atoms with Crippen LogP contribution >= 0.6 is 0 Å². The van der Waals surface area contributed by atoms with Crippen LogP contribution in [0.3, 0.4) is 0 Å². The first-order valence-corrected chi connectivity index (χ1v) is 6.12. The third kappa shape index (κ3) is 1.75. The van der Waals surface area contributed by atoms with E-state index < -0.39 is 5.60 Å². The molecule has 1 aromatic heterocycles. The van der Waals surface area contributed by atoms with Gasteiger partial charge >= 0.3 is 0 Å². The number of benzene rings is 1. The Hall–Kier alpha value is -1.35. The number of hydrogen-bond acceptors (Lipinski definition) is 2. The summed E-state index contributed by atoms with van der Waals surface area (Å²) in [6.07, 6.45) is 1.75. The summed E-state index contributed by atoms with van der Waals surface area (Å²) in [6.45, 7) is 6.42. The van der Waals surface area contributed by atoms with Gasteiger partial charge in [0.2, 0.25) is 0 Å². The number of hydrogen-bond donors (Lipinski definition) is 2. The molecule has 17 heavy (non-hydrogen) atoms. The topological polar surface area (TPSA) is 48.9 Å². The van der Waals surface area contributed by atoms with Crippen molar-refractivity contribution in [3.63, 3.8) is 0 Å². The summed E-state index contributed by atoms with van der Waals surface area (Å²) in [7, 11) is 0. The van der Waals surface area contributed by atoms with E-state index in [9.17, 15) is 5.11 Å². The summed E-state index contributed by atoms with van der Waals surface area (Å²) in [5.41, 5.74) is 2.46. The van der Waals surface area contributed by atoms with Crippen LogP contribution in [-0.2, 0) is 11.0 Å². The van der Waals surface area contributed by atoms with Crippen LogP contribution < -0.4 is 0 Å². The smallest absolute Gasteiger partial charge is 0.112 e. The first-order valence-electron chi connectivity index (χ1n) is 6.12. The minimum atomic E-state index is -0.568. The maximum atomic E-state index is 10.1. The van der Waals surface area contributed by atoms with Gasteiger partial charge in [-0.05, 0) is 30.5 Å². The molecule has 0 bridgehead atoms. The fourth-order valence-electron chi connectivity index (χ4n) is 2.06. The maximum absolute atomic E-state index is 10.1. The predicted octanol–water partition coefficient (Wildman–Crippen LogP) is 2.84. The fourth-order valence-corrected chi connectivity index (χ4v) is 2.06. The zero-order valence-electron chi connectivity index (χ0n) is 10.5. The van der Waals surface area contributed by atoms with Crippen molar-refractivity contribution < 1.29 is 5.11 Å². The Balaban J connectivity index is 2.11. The zero-order valence-corrected chi connectivity index (χ0v) is 10.5. The fraction of sp³-hybridized carbons (Fsp3) is 0.500. The molecular weight excluding hydrogens is 212 g/mol. The van der Waals surface area contributed by atoms with E-state index in [1.54, 1.807) is 0 Å². The minimum absolute atomic E-state index is 0.0235. The van der Waals surface area contributed by atoms with Crippen LogP contribution in [0.15, 0.2) is 18.2 Å². The maximum Gasteiger partial charge on any atom is 0.112 e. The average Bonchev–Trinajstić information content (AvgIpc) is 2.85. The Morgan fingerprint density at radius 1 is 1.29 bits per heavy atom. The summed E-state index contributed by atoms with van der Waals surface area (Å²) in [5, 5.41) is 10.1. The molecule has 2 N–H and O–H groups in total. The van der Waals surface area contributed by atoms with Gasteiger partial charge in [-0.1, -0.05) is 26.8 Å². The van der Waals surface area contributed by atoms with E-state index in [2.05, 4.69) is 30.7 Å². The highest BCUT2D eigenvalue weighted by Crippen LogP contribution is 2.45. The van der Waals surface area contributed by atoms with Gasteiger partial charge in [0.05, 0.1) is 16.6 Å². The van der Waals surface area contributed by atoms with Crippen molar-refractivity contribution in [1.82, 2.24) is 9.97 Å². The van der Waals surface area contributed by atoms with Crippen LogP contribution in [0, 0.1) is 0 Å². The summed E-state index contributed by atoms with van der Waals surface area (Å²) >= 11 is 0. The van der Waals surface area contributed by atoms with Crippen molar-refractivity contribution in [2.75, 3.05) is 0 Å². The van der Waals surface area contributed by atoms with E-state index in [4.69, 9.17) is 0 Å². The Bertz CT molecular complexity index is 570. The Labute approximate surface area is 101 Å². The van der Waals surface area contributed by atoms with Gasteiger partial charge in [-0.2, -0.15) is 0 Å². The van der Waals surface area contributed by atoms with E-state index >= 15 is 0 Å². The molecule has 0 atom stereocenters. The van der Waals surface area contributed by atoms with E-state index in [0.717, 1.165) is 35.3 Å². The van der Waals surface area contributed by atoms with Crippen LogP contribution in [0.4, 0.5) is 0 Å². The SMILES string of the molecule is CC(C)(C)c1nc2ccc(C3(O)CC3)cc2[nH]1. The number of aliphatic hydroxyl groups is 1. The lowest BCUT2D eigenvalue weighted by atomic mass is 9.96. The molecule has 3 heteroatoms. The Morgan fingerprint density at radius 2 is 2.00 bits per heavy atom. The number of nitrogens with one attached hydrogen (secondary N) is 1. The first-order chi connectivity index (χ1) is 7.88. The molecule has 1 aromatic carbocycles.